The van der Waals surface area contributed by atoms with Gasteiger partial charge in [0.2, 0.25) is 0 Å². The van der Waals surface area contributed by atoms with Crippen LogP contribution in [0.3, 0.4) is 0 Å². The van der Waals surface area contributed by atoms with Gasteiger partial charge in [-0.3, -0.25) is 14.4 Å². The SMILES string of the molecule is CC[C@H]1OC(=O)[C@H](C)[C@@H](O[C@H]2C[C@@](C)(OC)[C@@H](O)[C@H](C)O2)[C@H](C)[C@@H](O[C@@H]2O[C@H](C)C[C@H](NC)C2O)[C@](C)(O)C[C@@H](C)CN(C)[C@H](C)[C@@H](O)[C@]1(C)O.CC[C@H]1OC(=O)[C@H](C)[C@@H](O[C@H]2C[C@@](C)(OC)[C@@H](O)[C@H](C)O2)[C@H](C)[C@@H](O[C@@H]2O[C@H](C)C[C@H](NC)[C@H]2O)[C@](C)(OC)C[C@@H](C)C(=O)[C@H](C)[C@@H](O)[C@]1(C)O. The van der Waals surface area contributed by atoms with Gasteiger partial charge < -0.3 is 123 Å². The van der Waals surface area contributed by atoms with Gasteiger partial charge in [0.1, 0.15) is 59.7 Å². The number of esters is 2. The molecule has 6 fully saturated rings. The molecular weight excluding hydrogens is 1330 g/mol. The molecular formula is C74H137N3O25. The molecule has 0 aromatic carbocycles. The molecule has 6 saturated heterocycles. The van der Waals surface area contributed by atoms with Gasteiger partial charge in [0.25, 0.3) is 0 Å². The third-order valence-corrected chi connectivity index (χ3v) is 24.0. The van der Waals surface area contributed by atoms with E-state index in [9.17, 15) is 60.3 Å². The van der Waals surface area contributed by atoms with Gasteiger partial charge in [-0.05, 0) is 156 Å². The Kier molecular flexibility index (Phi) is 32.7. The average Bonchev–Trinajstić information content (AvgIpc) is 0.937. The van der Waals surface area contributed by atoms with Gasteiger partial charge in [-0.15, -0.1) is 0 Å². The predicted molar refractivity (Wildman–Crippen MR) is 376 cm³/mol. The second kappa shape index (κ2) is 36.9. The normalized spacial score (nSPS) is 49.9. The van der Waals surface area contributed by atoms with Crippen LogP contribution >= 0.6 is 0 Å². The monoisotopic (exact) mass is 1470 g/mol. The number of rotatable bonds is 15. The van der Waals surface area contributed by atoms with Crippen LogP contribution in [0.25, 0.3) is 0 Å². The highest BCUT2D eigenvalue weighted by atomic mass is 16.7. The molecule has 36 atom stereocenters. The highest BCUT2D eigenvalue weighted by Gasteiger charge is 2.57. The summed E-state index contributed by atoms with van der Waals surface area (Å²) < 4.78 is 81.0. The molecule has 28 nitrogen and oxygen atoms in total. The number of ether oxygens (including phenoxy) is 13. The smallest absolute Gasteiger partial charge is 0.311 e. The Morgan fingerprint density at radius 1 is 0.500 bits per heavy atom. The number of methoxy groups -OCH3 is 3. The van der Waals surface area contributed by atoms with Crippen LogP contribution in [0.1, 0.15) is 190 Å². The molecule has 0 bridgehead atoms. The minimum atomic E-state index is -1.96. The van der Waals surface area contributed by atoms with Crippen LogP contribution in [0.2, 0.25) is 0 Å². The van der Waals surface area contributed by atoms with Gasteiger partial charge in [0, 0.05) is 82.5 Å². The largest absolute Gasteiger partial charge is 0.459 e. The number of aliphatic hydroxyl groups excluding tert-OH is 6. The van der Waals surface area contributed by atoms with Crippen LogP contribution in [0.15, 0.2) is 0 Å². The molecule has 0 aromatic heterocycles. The van der Waals surface area contributed by atoms with Gasteiger partial charge in [-0.25, -0.2) is 0 Å². The summed E-state index contributed by atoms with van der Waals surface area (Å²) in [5, 5.41) is 109. The van der Waals surface area contributed by atoms with Crippen molar-refractivity contribution in [3.63, 3.8) is 0 Å². The fourth-order valence-electron chi connectivity index (χ4n) is 16.9. The van der Waals surface area contributed by atoms with Crippen LogP contribution in [-0.2, 0) is 76.0 Å². The zero-order chi connectivity index (χ0) is 77.6. The number of Topliss-reactive ketones (excluding diaryl/α,β-unsaturated/α-hetero) is 1. The van der Waals surface area contributed by atoms with Crippen molar-refractivity contribution in [2.45, 2.75) is 364 Å². The van der Waals surface area contributed by atoms with Gasteiger partial charge in [0.05, 0.1) is 89.2 Å². The van der Waals surface area contributed by atoms with Crippen LogP contribution in [0, 0.1) is 41.4 Å². The van der Waals surface area contributed by atoms with E-state index in [1.54, 1.807) is 104 Å². The lowest BCUT2D eigenvalue weighted by molar-refractivity contribution is -0.317. The van der Waals surface area contributed by atoms with Crippen molar-refractivity contribution >= 4 is 17.7 Å². The van der Waals surface area contributed by atoms with Gasteiger partial charge in [-0.2, -0.15) is 0 Å². The van der Waals surface area contributed by atoms with Crippen molar-refractivity contribution in [3.8, 4) is 0 Å². The van der Waals surface area contributed by atoms with Crippen molar-refractivity contribution in [3.05, 3.63) is 0 Å². The molecule has 0 amide bonds. The summed E-state index contributed by atoms with van der Waals surface area (Å²) in [7, 11) is 9.86. The number of carbonyl (C=O) groups is 3. The summed E-state index contributed by atoms with van der Waals surface area (Å²) in [5.41, 5.74) is -8.61. The first-order valence-corrected chi connectivity index (χ1v) is 37.3. The molecule has 598 valence electrons. The molecule has 6 rings (SSSR count). The molecule has 6 heterocycles. The van der Waals surface area contributed by atoms with E-state index in [1.807, 2.05) is 46.6 Å². The maximum Gasteiger partial charge on any atom is 0.311 e. The molecule has 102 heavy (non-hydrogen) atoms. The van der Waals surface area contributed by atoms with E-state index < -0.39 is 198 Å². The number of aliphatic hydroxyl groups is 9. The summed E-state index contributed by atoms with van der Waals surface area (Å²) in [6.07, 6.45) is -17.0. The van der Waals surface area contributed by atoms with E-state index in [2.05, 4.69) is 10.6 Å². The van der Waals surface area contributed by atoms with E-state index in [4.69, 9.17) is 61.6 Å². The number of carbonyl (C=O) groups excluding carboxylic acids is 3. The molecule has 1 unspecified atom stereocenters. The summed E-state index contributed by atoms with van der Waals surface area (Å²) in [6, 6.07) is -1.19. The molecule has 11 N–H and O–H groups in total. The number of likely N-dealkylation sites (N-methyl/N-ethyl adjacent to an activating group) is 3. The number of cyclic esters (lactones) is 2. The van der Waals surface area contributed by atoms with Crippen molar-refractivity contribution in [1.82, 2.24) is 15.5 Å². The van der Waals surface area contributed by atoms with Crippen LogP contribution < -0.4 is 10.6 Å². The van der Waals surface area contributed by atoms with Gasteiger partial charge >= 0.3 is 11.9 Å². The van der Waals surface area contributed by atoms with E-state index >= 15 is 0 Å². The summed E-state index contributed by atoms with van der Waals surface area (Å²) in [6.45, 7) is 35.0. The zero-order valence-corrected chi connectivity index (χ0v) is 66.2. The average molecular weight is 1470 g/mol. The third kappa shape index (κ3) is 20.6. The first kappa shape index (κ1) is 90.3. The Hall–Kier alpha value is -2.31. The first-order valence-electron chi connectivity index (χ1n) is 37.3. The first-order chi connectivity index (χ1) is 47.1. The molecule has 6 aliphatic heterocycles. The lowest BCUT2D eigenvalue weighted by Gasteiger charge is -2.49. The molecule has 6 aliphatic rings. The van der Waals surface area contributed by atoms with E-state index in [0.717, 1.165) is 0 Å². The lowest BCUT2D eigenvalue weighted by Crippen LogP contribution is -2.61. The molecule has 0 aliphatic carbocycles. The van der Waals surface area contributed by atoms with Crippen LogP contribution in [0.5, 0.6) is 0 Å². The molecule has 0 aromatic rings. The highest BCUT2D eigenvalue weighted by molar-refractivity contribution is 5.83. The standard InChI is InChI=1S/C37H70N2O12.C37H67NO13/c1-14-26-37(10,45)30(41)23(6)39(12)18-19(2)16-35(8,44)32(51-34-28(40)25(38-11)15-20(3)47-34)21(4)29(22(5)33(43)49-26)50-27-17-36(9,46-13)31(42)24(7)48-27;1-14-25-37(10,44)30(41)20(4)27(39)18(2)16-36(9,46-13)32(51-34-28(40)24(38-11)15-19(3)47-34)21(5)29(22(6)33(43)49-25)50-26-17-35(8,45-12)31(42)23(7)48-26/h19-32,34,38,40-42,44-45H,14-18H2,1-13H3;18-26,28-32,34,38,40-42,44H,14-17H2,1-13H3/t19-,20-,21+,22-,23-,24+,25+,26-,27+,28?,29+,30-,31+,32-,34+,35-,36-,37-;18-,19-,20+,21+,22-,23+,24+,25-,26+,28-,29+,30-,31+,32-,34+,35-,36-,37-/m11/s1. The highest BCUT2D eigenvalue weighted by Crippen LogP contribution is 2.44. The minimum Gasteiger partial charge on any atom is -0.459 e. The van der Waals surface area contributed by atoms with Crippen molar-refractivity contribution in [2.75, 3.05) is 49.0 Å². The maximum atomic E-state index is 14.2. The van der Waals surface area contributed by atoms with Gasteiger partial charge in [-0.1, -0.05) is 48.5 Å². The zero-order valence-electron chi connectivity index (χ0n) is 66.2. The Bertz CT molecular complexity index is 2610. The second-order valence-corrected chi connectivity index (χ2v) is 32.5. The van der Waals surface area contributed by atoms with Crippen molar-refractivity contribution in [1.29, 1.82) is 0 Å². The Labute approximate surface area is 607 Å². The number of nitrogens with zero attached hydrogens (tertiary/aromatic N) is 1. The van der Waals surface area contributed by atoms with E-state index in [1.165, 1.54) is 35.2 Å². The summed E-state index contributed by atoms with van der Waals surface area (Å²) in [4.78, 5) is 44.1. The number of hydrogen-bond acceptors (Lipinski definition) is 28. The van der Waals surface area contributed by atoms with Crippen LogP contribution in [0.4, 0.5) is 0 Å². The number of hydrogen-bond donors (Lipinski definition) is 11. The predicted octanol–water partition coefficient (Wildman–Crippen LogP) is 3.66. The molecule has 0 radical (unpaired) electrons. The maximum absolute atomic E-state index is 14.2. The Morgan fingerprint density at radius 3 is 1.26 bits per heavy atom. The Balaban J connectivity index is 0.000000367. The Morgan fingerprint density at radius 2 is 0.882 bits per heavy atom. The van der Waals surface area contributed by atoms with E-state index in [-0.39, 0.29) is 74.5 Å². The minimum absolute atomic E-state index is 0.109. The third-order valence-electron chi connectivity index (χ3n) is 24.0. The fourth-order valence-corrected chi connectivity index (χ4v) is 16.9. The van der Waals surface area contributed by atoms with Gasteiger partial charge in [0.15, 0.2) is 25.2 Å². The van der Waals surface area contributed by atoms with Crippen molar-refractivity contribution < 1.29 is 122 Å². The fraction of sp³-hybridized carbons (Fsp3) is 0.959. The summed E-state index contributed by atoms with van der Waals surface area (Å²) >= 11 is 0. The lowest BCUT2D eigenvalue weighted by atomic mass is 9.74. The molecule has 0 spiro atoms. The summed E-state index contributed by atoms with van der Waals surface area (Å²) in [5.74, 6) is -7.06. The van der Waals surface area contributed by atoms with Crippen LogP contribution in [-0.4, -0.2) is 292 Å². The number of nitrogens with one attached hydrogen (secondary N) is 2. The topological polar surface area (TPSA) is 381 Å². The molecule has 0 saturated carbocycles. The van der Waals surface area contributed by atoms with Crippen molar-refractivity contribution in [2.24, 2.45) is 41.4 Å². The molecule has 28 heteroatoms. The number of ketones is 1. The second-order valence-electron chi connectivity index (χ2n) is 32.5. The quantitative estimate of drug-likeness (QED) is 0.104. The van der Waals surface area contributed by atoms with E-state index in [0.29, 0.717) is 19.4 Å².